The summed E-state index contributed by atoms with van der Waals surface area (Å²) in [7, 11) is 0. The normalized spacial score (nSPS) is 13.0. The fraction of sp³-hybridized carbons (Fsp3) is 1.00. The van der Waals surface area contributed by atoms with Crippen LogP contribution in [0.2, 0.25) is 0 Å². The Morgan fingerprint density at radius 1 is 1.07 bits per heavy atom. The Balaban J connectivity index is 3.14. The molecule has 92 valence electrons. The van der Waals surface area contributed by atoms with E-state index in [-0.39, 0.29) is 6.10 Å². The van der Waals surface area contributed by atoms with Gasteiger partial charge in [0.2, 0.25) is 0 Å². The number of unbranched alkanes of at least 4 members (excludes halogenated alkanes) is 4. The second-order valence-corrected chi connectivity index (χ2v) is 3.80. The van der Waals surface area contributed by atoms with Gasteiger partial charge in [-0.3, -0.25) is 0 Å². The third-order valence-corrected chi connectivity index (χ3v) is 2.36. The minimum absolute atomic E-state index is 0.0747. The van der Waals surface area contributed by atoms with Crippen LogP contribution in [-0.4, -0.2) is 32.5 Å². The van der Waals surface area contributed by atoms with Crippen molar-refractivity contribution in [3.05, 3.63) is 0 Å². The molecular formula is C12H27NO2. The molecule has 1 atom stereocenters. The van der Waals surface area contributed by atoms with Gasteiger partial charge in [0.05, 0.1) is 12.7 Å². The molecule has 0 amide bonds. The first-order valence-electron chi connectivity index (χ1n) is 6.24. The summed E-state index contributed by atoms with van der Waals surface area (Å²) in [6, 6.07) is 0. The summed E-state index contributed by atoms with van der Waals surface area (Å²) in [5.74, 6) is 0. The highest BCUT2D eigenvalue weighted by atomic mass is 16.5. The van der Waals surface area contributed by atoms with E-state index in [1.54, 1.807) is 0 Å². The van der Waals surface area contributed by atoms with Crippen LogP contribution in [0, 0.1) is 0 Å². The van der Waals surface area contributed by atoms with E-state index in [4.69, 9.17) is 15.2 Å². The predicted molar refractivity (Wildman–Crippen MR) is 64.0 cm³/mol. The van der Waals surface area contributed by atoms with Gasteiger partial charge in [-0.1, -0.05) is 32.6 Å². The number of ether oxygens (including phenoxy) is 2. The second-order valence-electron chi connectivity index (χ2n) is 3.80. The van der Waals surface area contributed by atoms with E-state index in [0.29, 0.717) is 19.8 Å². The lowest BCUT2D eigenvalue weighted by Crippen LogP contribution is -2.29. The molecule has 2 N–H and O–H groups in total. The summed E-state index contributed by atoms with van der Waals surface area (Å²) in [5.41, 5.74) is 5.53. The zero-order valence-electron chi connectivity index (χ0n) is 10.3. The Bertz CT molecular complexity index is 120. The van der Waals surface area contributed by atoms with E-state index < -0.39 is 0 Å². The molecule has 0 aromatic heterocycles. The molecule has 15 heavy (non-hydrogen) atoms. The molecule has 0 saturated heterocycles. The van der Waals surface area contributed by atoms with Gasteiger partial charge >= 0.3 is 0 Å². The van der Waals surface area contributed by atoms with Crippen LogP contribution in [0.3, 0.4) is 0 Å². The largest absolute Gasteiger partial charge is 0.379 e. The van der Waals surface area contributed by atoms with Crippen LogP contribution in [0.5, 0.6) is 0 Å². The van der Waals surface area contributed by atoms with Gasteiger partial charge in [0.1, 0.15) is 0 Å². The number of rotatable bonds is 11. The summed E-state index contributed by atoms with van der Waals surface area (Å²) >= 11 is 0. The lowest BCUT2D eigenvalue weighted by molar-refractivity contribution is -0.00731. The first-order chi connectivity index (χ1) is 7.35. The average molecular weight is 217 g/mol. The zero-order chi connectivity index (χ0) is 11.4. The number of hydrogen-bond donors (Lipinski definition) is 1. The highest BCUT2D eigenvalue weighted by molar-refractivity contribution is 4.56. The van der Waals surface area contributed by atoms with Gasteiger partial charge in [-0.05, 0) is 13.3 Å². The predicted octanol–water partition coefficient (Wildman–Crippen LogP) is 2.34. The molecule has 0 aliphatic rings. The van der Waals surface area contributed by atoms with Crippen molar-refractivity contribution in [1.82, 2.24) is 0 Å². The summed E-state index contributed by atoms with van der Waals surface area (Å²) in [6.07, 6.45) is 6.46. The van der Waals surface area contributed by atoms with E-state index >= 15 is 0 Å². The SMILES string of the molecule is CCCCCCCOCC(CN)OCC. The van der Waals surface area contributed by atoms with Crippen LogP contribution < -0.4 is 5.73 Å². The molecule has 0 rings (SSSR count). The fourth-order valence-corrected chi connectivity index (χ4v) is 1.44. The van der Waals surface area contributed by atoms with Crippen molar-refractivity contribution < 1.29 is 9.47 Å². The Morgan fingerprint density at radius 2 is 1.80 bits per heavy atom. The maximum Gasteiger partial charge on any atom is 0.0930 e. The second kappa shape index (κ2) is 12.0. The Labute approximate surface area is 94.3 Å². The van der Waals surface area contributed by atoms with E-state index in [1.165, 1.54) is 25.7 Å². The Hall–Kier alpha value is -0.120. The molecule has 0 aromatic rings. The van der Waals surface area contributed by atoms with Gasteiger partial charge in [-0.15, -0.1) is 0 Å². The monoisotopic (exact) mass is 217 g/mol. The van der Waals surface area contributed by atoms with Crippen molar-refractivity contribution in [1.29, 1.82) is 0 Å². The van der Waals surface area contributed by atoms with E-state index in [9.17, 15) is 0 Å². The summed E-state index contributed by atoms with van der Waals surface area (Å²) in [6.45, 7) is 6.94. The lowest BCUT2D eigenvalue weighted by Gasteiger charge is -2.14. The molecular weight excluding hydrogens is 190 g/mol. The molecule has 0 fully saturated rings. The van der Waals surface area contributed by atoms with Gasteiger partial charge in [0.15, 0.2) is 0 Å². The van der Waals surface area contributed by atoms with Crippen LogP contribution in [0.1, 0.15) is 46.0 Å². The van der Waals surface area contributed by atoms with Gasteiger partial charge in [-0.25, -0.2) is 0 Å². The van der Waals surface area contributed by atoms with Gasteiger partial charge in [-0.2, -0.15) is 0 Å². The molecule has 0 spiro atoms. The summed E-state index contributed by atoms with van der Waals surface area (Å²) in [5, 5.41) is 0. The van der Waals surface area contributed by atoms with Crippen molar-refractivity contribution in [3.63, 3.8) is 0 Å². The Morgan fingerprint density at radius 3 is 2.40 bits per heavy atom. The van der Waals surface area contributed by atoms with E-state index in [0.717, 1.165) is 13.0 Å². The molecule has 3 heteroatoms. The first kappa shape index (κ1) is 14.9. The standard InChI is InChI=1S/C12H27NO2/c1-3-5-6-7-8-9-14-11-12(10-13)15-4-2/h12H,3-11,13H2,1-2H3. The highest BCUT2D eigenvalue weighted by Crippen LogP contribution is 2.02. The fourth-order valence-electron chi connectivity index (χ4n) is 1.44. The molecule has 0 aliphatic carbocycles. The minimum Gasteiger partial charge on any atom is -0.379 e. The van der Waals surface area contributed by atoms with Crippen molar-refractivity contribution in [2.24, 2.45) is 5.73 Å². The molecule has 0 radical (unpaired) electrons. The maximum atomic E-state index is 5.53. The molecule has 0 aromatic carbocycles. The summed E-state index contributed by atoms with van der Waals surface area (Å²) < 4.78 is 10.9. The molecule has 0 bridgehead atoms. The molecule has 0 saturated carbocycles. The molecule has 0 heterocycles. The molecule has 3 nitrogen and oxygen atoms in total. The molecule has 1 unspecified atom stereocenters. The third kappa shape index (κ3) is 10.2. The number of nitrogens with two attached hydrogens (primary N) is 1. The quantitative estimate of drug-likeness (QED) is 0.540. The van der Waals surface area contributed by atoms with Crippen molar-refractivity contribution >= 4 is 0 Å². The third-order valence-electron chi connectivity index (χ3n) is 2.36. The maximum absolute atomic E-state index is 5.53. The van der Waals surface area contributed by atoms with Crippen LogP contribution in [0.25, 0.3) is 0 Å². The zero-order valence-corrected chi connectivity index (χ0v) is 10.3. The van der Waals surface area contributed by atoms with Gasteiger partial charge in [0, 0.05) is 19.8 Å². The van der Waals surface area contributed by atoms with Crippen LogP contribution in [0.4, 0.5) is 0 Å². The van der Waals surface area contributed by atoms with Crippen molar-refractivity contribution in [3.8, 4) is 0 Å². The van der Waals surface area contributed by atoms with Crippen LogP contribution in [0.15, 0.2) is 0 Å². The van der Waals surface area contributed by atoms with E-state index in [1.807, 2.05) is 6.92 Å². The lowest BCUT2D eigenvalue weighted by atomic mass is 10.2. The first-order valence-corrected chi connectivity index (χ1v) is 6.24. The average Bonchev–Trinajstić information content (AvgIpc) is 2.26. The highest BCUT2D eigenvalue weighted by Gasteiger charge is 2.04. The van der Waals surface area contributed by atoms with Crippen molar-refractivity contribution in [2.45, 2.75) is 52.1 Å². The smallest absolute Gasteiger partial charge is 0.0930 e. The Kier molecular flexibility index (Phi) is 11.9. The number of hydrogen-bond acceptors (Lipinski definition) is 3. The van der Waals surface area contributed by atoms with Crippen molar-refractivity contribution in [2.75, 3.05) is 26.4 Å². The van der Waals surface area contributed by atoms with Gasteiger partial charge < -0.3 is 15.2 Å². The minimum atomic E-state index is 0.0747. The van der Waals surface area contributed by atoms with Crippen LogP contribution in [-0.2, 0) is 9.47 Å². The van der Waals surface area contributed by atoms with Gasteiger partial charge in [0.25, 0.3) is 0 Å². The topological polar surface area (TPSA) is 44.5 Å². The van der Waals surface area contributed by atoms with Crippen LogP contribution >= 0.6 is 0 Å². The molecule has 0 aliphatic heterocycles. The summed E-state index contributed by atoms with van der Waals surface area (Å²) in [4.78, 5) is 0. The van der Waals surface area contributed by atoms with E-state index in [2.05, 4.69) is 6.92 Å².